The Labute approximate surface area is 79.4 Å². The number of aromatic nitrogens is 2. The molecule has 0 amide bonds. The summed E-state index contributed by atoms with van der Waals surface area (Å²) in [6.07, 6.45) is 0.931. The molecule has 0 saturated carbocycles. The van der Waals surface area contributed by atoms with E-state index in [0.717, 1.165) is 17.9 Å². The third-order valence-electron chi connectivity index (χ3n) is 1.62. The number of nitrogens with two attached hydrogens (primary N) is 1. The van der Waals surface area contributed by atoms with E-state index in [2.05, 4.69) is 30.7 Å². The van der Waals surface area contributed by atoms with Crippen molar-refractivity contribution >= 4 is 5.82 Å². The second-order valence-electron chi connectivity index (χ2n) is 4.57. The van der Waals surface area contributed by atoms with Crippen molar-refractivity contribution in [3.05, 3.63) is 17.6 Å². The molecule has 3 heteroatoms. The first kappa shape index (κ1) is 9.96. The minimum absolute atomic E-state index is 0.243. The number of rotatable bonds is 1. The topological polar surface area (TPSA) is 51.8 Å². The van der Waals surface area contributed by atoms with Crippen LogP contribution in [0.3, 0.4) is 0 Å². The van der Waals surface area contributed by atoms with Crippen molar-refractivity contribution in [1.29, 1.82) is 0 Å². The Morgan fingerprint density at radius 1 is 1.31 bits per heavy atom. The zero-order valence-electron chi connectivity index (χ0n) is 8.76. The molecule has 13 heavy (non-hydrogen) atoms. The Hall–Kier alpha value is -1.12. The van der Waals surface area contributed by atoms with Crippen LogP contribution in [0.2, 0.25) is 0 Å². The van der Waals surface area contributed by atoms with E-state index in [1.807, 2.05) is 13.0 Å². The number of aryl methyl sites for hydroxylation is 1. The lowest BCUT2D eigenvalue weighted by atomic mass is 9.90. The molecule has 0 radical (unpaired) electrons. The standard InChI is InChI=1S/C10H17N3/c1-7-12-8(5-9(11)13-7)6-10(2,3)4/h5H,6H2,1-4H3,(H2,11,12,13). The van der Waals surface area contributed by atoms with E-state index >= 15 is 0 Å². The Balaban J connectivity index is 2.90. The lowest BCUT2D eigenvalue weighted by molar-refractivity contribution is 0.406. The average Bonchev–Trinajstić information content (AvgIpc) is 1.78. The zero-order chi connectivity index (χ0) is 10.1. The van der Waals surface area contributed by atoms with Crippen LogP contribution in [-0.2, 0) is 6.42 Å². The Morgan fingerprint density at radius 2 is 1.92 bits per heavy atom. The van der Waals surface area contributed by atoms with Crippen molar-refractivity contribution in [3.8, 4) is 0 Å². The van der Waals surface area contributed by atoms with Crippen LogP contribution in [0.4, 0.5) is 5.82 Å². The first-order valence-corrected chi connectivity index (χ1v) is 4.47. The highest BCUT2D eigenvalue weighted by Crippen LogP contribution is 2.19. The van der Waals surface area contributed by atoms with E-state index in [1.165, 1.54) is 0 Å². The molecule has 3 nitrogen and oxygen atoms in total. The average molecular weight is 179 g/mol. The van der Waals surface area contributed by atoms with E-state index in [9.17, 15) is 0 Å². The second kappa shape index (κ2) is 3.32. The summed E-state index contributed by atoms with van der Waals surface area (Å²) in [7, 11) is 0. The molecule has 1 rings (SSSR count). The van der Waals surface area contributed by atoms with Crippen LogP contribution < -0.4 is 5.73 Å². The van der Waals surface area contributed by atoms with Gasteiger partial charge in [-0.2, -0.15) is 0 Å². The third-order valence-corrected chi connectivity index (χ3v) is 1.62. The molecule has 1 aromatic heterocycles. The lowest BCUT2D eigenvalue weighted by Crippen LogP contribution is -2.12. The SMILES string of the molecule is Cc1nc(N)cc(CC(C)(C)C)n1. The molecule has 72 valence electrons. The molecule has 0 saturated heterocycles. The van der Waals surface area contributed by atoms with Gasteiger partial charge in [0, 0.05) is 11.8 Å². The van der Waals surface area contributed by atoms with Crippen molar-refractivity contribution in [2.75, 3.05) is 5.73 Å². The summed E-state index contributed by atoms with van der Waals surface area (Å²) in [5.41, 5.74) is 6.90. The van der Waals surface area contributed by atoms with E-state index in [4.69, 9.17) is 5.73 Å². The molecule has 0 aromatic carbocycles. The molecule has 0 unspecified atom stereocenters. The molecule has 0 fully saturated rings. The maximum Gasteiger partial charge on any atom is 0.127 e. The summed E-state index contributed by atoms with van der Waals surface area (Å²) in [6, 6.07) is 1.85. The monoisotopic (exact) mass is 179 g/mol. The predicted octanol–water partition coefficient (Wildman–Crippen LogP) is 1.96. The Bertz CT molecular complexity index is 279. The van der Waals surface area contributed by atoms with Gasteiger partial charge in [-0.05, 0) is 18.8 Å². The fraction of sp³-hybridized carbons (Fsp3) is 0.600. The van der Waals surface area contributed by atoms with Crippen molar-refractivity contribution in [2.45, 2.75) is 34.1 Å². The van der Waals surface area contributed by atoms with Crippen LogP contribution in [0.25, 0.3) is 0 Å². The van der Waals surface area contributed by atoms with Crippen molar-refractivity contribution in [2.24, 2.45) is 5.41 Å². The summed E-state index contributed by atoms with van der Waals surface area (Å²) in [6.45, 7) is 8.41. The largest absolute Gasteiger partial charge is 0.384 e. The van der Waals surface area contributed by atoms with Gasteiger partial charge in [-0.1, -0.05) is 20.8 Å². The normalized spacial score (nSPS) is 11.7. The molecule has 0 aliphatic rings. The van der Waals surface area contributed by atoms with E-state index in [1.54, 1.807) is 0 Å². The number of hydrogen-bond donors (Lipinski definition) is 1. The molecule has 0 atom stereocenters. The van der Waals surface area contributed by atoms with Gasteiger partial charge in [-0.3, -0.25) is 0 Å². The zero-order valence-corrected chi connectivity index (χ0v) is 8.76. The van der Waals surface area contributed by atoms with Gasteiger partial charge >= 0.3 is 0 Å². The van der Waals surface area contributed by atoms with Crippen molar-refractivity contribution in [3.63, 3.8) is 0 Å². The molecule has 0 bridgehead atoms. The summed E-state index contributed by atoms with van der Waals surface area (Å²) in [5, 5.41) is 0. The number of anilines is 1. The highest BCUT2D eigenvalue weighted by atomic mass is 14.9. The maximum absolute atomic E-state index is 5.63. The van der Waals surface area contributed by atoms with Crippen LogP contribution in [0, 0.1) is 12.3 Å². The summed E-state index contributed by atoms with van der Waals surface area (Å²) >= 11 is 0. The first-order valence-electron chi connectivity index (χ1n) is 4.47. The number of nitrogens with zero attached hydrogens (tertiary/aromatic N) is 2. The van der Waals surface area contributed by atoms with Gasteiger partial charge < -0.3 is 5.73 Å². The Morgan fingerprint density at radius 3 is 2.38 bits per heavy atom. The lowest BCUT2D eigenvalue weighted by Gasteiger charge is -2.17. The minimum Gasteiger partial charge on any atom is -0.384 e. The molecular formula is C10H17N3. The molecule has 1 aromatic rings. The molecular weight excluding hydrogens is 162 g/mol. The second-order valence-corrected chi connectivity index (χ2v) is 4.57. The fourth-order valence-corrected chi connectivity index (χ4v) is 1.29. The van der Waals surface area contributed by atoms with Crippen LogP contribution in [0.15, 0.2) is 6.07 Å². The summed E-state index contributed by atoms with van der Waals surface area (Å²) < 4.78 is 0. The van der Waals surface area contributed by atoms with Crippen molar-refractivity contribution in [1.82, 2.24) is 9.97 Å². The van der Waals surface area contributed by atoms with Crippen LogP contribution in [-0.4, -0.2) is 9.97 Å². The van der Waals surface area contributed by atoms with Gasteiger partial charge in [0.25, 0.3) is 0 Å². The Kier molecular flexibility index (Phi) is 2.55. The van der Waals surface area contributed by atoms with Crippen LogP contribution in [0.1, 0.15) is 32.3 Å². The number of nitrogen functional groups attached to an aromatic ring is 1. The van der Waals surface area contributed by atoms with Gasteiger partial charge in [0.1, 0.15) is 11.6 Å². The molecule has 0 aliphatic heterocycles. The smallest absolute Gasteiger partial charge is 0.127 e. The van der Waals surface area contributed by atoms with Gasteiger partial charge in [-0.25, -0.2) is 9.97 Å². The quantitative estimate of drug-likeness (QED) is 0.717. The van der Waals surface area contributed by atoms with Crippen molar-refractivity contribution < 1.29 is 0 Å². The molecule has 0 aliphatic carbocycles. The maximum atomic E-state index is 5.63. The van der Waals surface area contributed by atoms with Crippen LogP contribution in [0.5, 0.6) is 0 Å². The van der Waals surface area contributed by atoms with Gasteiger partial charge in [0.2, 0.25) is 0 Å². The van der Waals surface area contributed by atoms with E-state index < -0.39 is 0 Å². The van der Waals surface area contributed by atoms with Gasteiger partial charge in [-0.15, -0.1) is 0 Å². The molecule has 2 N–H and O–H groups in total. The predicted molar refractivity (Wildman–Crippen MR) is 54.3 cm³/mol. The molecule has 0 spiro atoms. The molecule has 1 heterocycles. The van der Waals surface area contributed by atoms with Crippen LogP contribution >= 0.6 is 0 Å². The van der Waals surface area contributed by atoms with Gasteiger partial charge in [0.15, 0.2) is 0 Å². The van der Waals surface area contributed by atoms with Gasteiger partial charge in [0.05, 0.1) is 0 Å². The first-order chi connectivity index (χ1) is 5.87. The van der Waals surface area contributed by atoms with E-state index in [0.29, 0.717) is 5.82 Å². The highest BCUT2D eigenvalue weighted by molar-refractivity contribution is 5.29. The highest BCUT2D eigenvalue weighted by Gasteiger charge is 2.12. The third kappa shape index (κ3) is 3.40. The minimum atomic E-state index is 0.243. The van der Waals surface area contributed by atoms with E-state index in [-0.39, 0.29) is 5.41 Å². The summed E-state index contributed by atoms with van der Waals surface area (Å²) in [4.78, 5) is 8.36. The fourth-order valence-electron chi connectivity index (χ4n) is 1.29. The summed E-state index contributed by atoms with van der Waals surface area (Å²) in [5.74, 6) is 1.31. The number of hydrogen-bond acceptors (Lipinski definition) is 3.